The Kier molecular flexibility index (Phi) is 4.47. The van der Waals surface area contributed by atoms with Crippen molar-refractivity contribution in [2.24, 2.45) is 5.73 Å². The van der Waals surface area contributed by atoms with Crippen LogP contribution in [0.1, 0.15) is 6.92 Å². The maximum atomic E-state index is 10.5. The molecule has 10 heavy (non-hydrogen) atoms. The van der Waals surface area contributed by atoms with Gasteiger partial charge in [-0.2, -0.15) is 0 Å². The van der Waals surface area contributed by atoms with E-state index in [1.54, 1.807) is 0 Å². The Morgan fingerprint density at radius 3 is 2.60 bits per heavy atom. The third-order valence-corrected chi connectivity index (χ3v) is 1.16. The van der Waals surface area contributed by atoms with E-state index < -0.39 is 12.1 Å². The van der Waals surface area contributed by atoms with Crippen LogP contribution in [0.5, 0.6) is 0 Å². The third kappa shape index (κ3) is 5.23. The van der Waals surface area contributed by atoms with Crippen LogP contribution < -0.4 is 15.8 Å². The number of amides is 4. The van der Waals surface area contributed by atoms with E-state index >= 15 is 0 Å². The largest absolute Gasteiger partial charge is 0.351 e. The molecule has 0 saturated carbocycles. The van der Waals surface area contributed by atoms with E-state index in [4.69, 9.17) is 0 Å². The van der Waals surface area contributed by atoms with Crippen molar-refractivity contribution in [3.05, 3.63) is 0 Å². The summed E-state index contributed by atoms with van der Waals surface area (Å²) >= 11 is 1.19. The van der Waals surface area contributed by atoms with Gasteiger partial charge in [0.05, 0.1) is 0 Å². The quantitative estimate of drug-likeness (QED) is 0.502. The molecule has 0 aromatic rings. The fourth-order valence-electron chi connectivity index (χ4n) is 0.275. The van der Waals surface area contributed by atoms with Gasteiger partial charge in [0.25, 0.3) is 0 Å². The van der Waals surface area contributed by atoms with Crippen LogP contribution in [0.25, 0.3) is 0 Å². The molecule has 0 unspecified atom stereocenters. The number of nitrogens with two attached hydrogens (primary N) is 1. The fourth-order valence-corrected chi connectivity index (χ4v) is 0.602. The molecule has 0 aliphatic rings. The van der Waals surface area contributed by atoms with Crippen LogP contribution in [0, 0.1) is 0 Å². The standard InChI is InChI=1S/C4H9N3O2S/c1-2-10-7-4(9)6-3(5)8/h2H2,1H3,(H4,5,6,7,8,9). The molecule has 0 fully saturated rings. The molecule has 0 rings (SSSR count). The smallest absolute Gasteiger partial charge is 0.332 e. The molecule has 0 radical (unpaired) electrons. The van der Waals surface area contributed by atoms with Gasteiger partial charge in [-0.25, -0.2) is 9.59 Å². The zero-order valence-corrected chi connectivity index (χ0v) is 6.33. The predicted octanol–water partition coefficient (Wildman–Crippen LogP) is 0.0324. The molecule has 0 aromatic heterocycles. The highest BCUT2D eigenvalue weighted by molar-refractivity contribution is 7.97. The van der Waals surface area contributed by atoms with Crippen LogP contribution in [0.3, 0.4) is 0 Å². The Balaban J connectivity index is 3.35. The Morgan fingerprint density at radius 2 is 2.20 bits per heavy atom. The van der Waals surface area contributed by atoms with E-state index in [0.717, 1.165) is 5.75 Å². The molecular formula is C4H9N3O2S. The predicted molar refractivity (Wildman–Crippen MR) is 39.4 cm³/mol. The van der Waals surface area contributed by atoms with E-state index in [0.29, 0.717) is 0 Å². The van der Waals surface area contributed by atoms with Gasteiger partial charge in [0.2, 0.25) is 0 Å². The van der Waals surface area contributed by atoms with E-state index in [1.807, 2.05) is 12.2 Å². The molecule has 0 heterocycles. The van der Waals surface area contributed by atoms with E-state index in [-0.39, 0.29) is 0 Å². The van der Waals surface area contributed by atoms with Crippen LogP contribution in [0.4, 0.5) is 9.59 Å². The monoisotopic (exact) mass is 163 g/mol. The van der Waals surface area contributed by atoms with Gasteiger partial charge in [-0.15, -0.1) is 0 Å². The lowest BCUT2D eigenvalue weighted by atomic mass is 10.9. The average Bonchev–Trinajstić information content (AvgIpc) is 1.82. The normalized spacial score (nSPS) is 8.50. The number of hydrogen-bond donors (Lipinski definition) is 3. The Bertz CT molecular complexity index is 138. The van der Waals surface area contributed by atoms with E-state index in [2.05, 4.69) is 10.5 Å². The molecule has 5 nitrogen and oxygen atoms in total. The Hall–Kier alpha value is -0.910. The van der Waals surface area contributed by atoms with Crippen molar-refractivity contribution in [2.75, 3.05) is 5.75 Å². The molecule has 4 amide bonds. The minimum atomic E-state index is -0.853. The van der Waals surface area contributed by atoms with Crippen LogP contribution in [-0.4, -0.2) is 17.8 Å². The lowest BCUT2D eigenvalue weighted by molar-refractivity contribution is 0.235. The number of imide groups is 1. The second kappa shape index (κ2) is 4.92. The highest BCUT2D eigenvalue weighted by atomic mass is 32.2. The highest BCUT2D eigenvalue weighted by Gasteiger charge is 2.00. The zero-order chi connectivity index (χ0) is 7.98. The maximum absolute atomic E-state index is 10.5. The summed E-state index contributed by atoms with van der Waals surface area (Å²) in [7, 11) is 0. The first-order valence-corrected chi connectivity index (χ1v) is 3.63. The third-order valence-electron chi connectivity index (χ3n) is 0.546. The molecule has 0 aliphatic carbocycles. The lowest BCUT2D eigenvalue weighted by Crippen LogP contribution is -2.39. The summed E-state index contributed by atoms with van der Waals surface area (Å²) in [6.45, 7) is 1.87. The number of primary amides is 1. The van der Waals surface area contributed by atoms with Crippen molar-refractivity contribution >= 4 is 24.0 Å². The Morgan fingerprint density at radius 1 is 1.60 bits per heavy atom. The van der Waals surface area contributed by atoms with Gasteiger partial charge in [-0.1, -0.05) is 6.92 Å². The number of carbonyl (C=O) groups is 2. The molecule has 4 N–H and O–H groups in total. The minimum absolute atomic E-state index is 0.584. The molecule has 0 aromatic carbocycles. The maximum Gasteiger partial charge on any atom is 0.332 e. The van der Waals surface area contributed by atoms with Crippen molar-refractivity contribution < 1.29 is 9.59 Å². The number of carbonyl (C=O) groups excluding carboxylic acids is 2. The topological polar surface area (TPSA) is 84.2 Å². The van der Waals surface area contributed by atoms with Crippen molar-refractivity contribution in [3.63, 3.8) is 0 Å². The summed E-state index contributed by atoms with van der Waals surface area (Å²) in [5.74, 6) is 0.742. The summed E-state index contributed by atoms with van der Waals surface area (Å²) in [6.07, 6.45) is 0. The fraction of sp³-hybridized carbons (Fsp3) is 0.500. The van der Waals surface area contributed by atoms with Crippen LogP contribution in [0.15, 0.2) is 0 Å². The van der Waals surface area contributed by atoms with Gasteiger partial charge in [0, 0.05) is 5.75 Å². The summed E-state index contributed by atoms with van der Waals surface area (Å²) in [5, 5.41) is 1.85. The van der Waals surface area contributed by atoms with E-state index in [1.165, 1.54) is 11.9 Å². The summed E-state index contributed by atoms with van der Waals surface area (Å²) in [5.41, 5.74) is 4.64. The van der Waals surface area contributed by atoms with Crippen molar-refractivity contribution in [1.29, 1.82) is 0 Å². The van der Waals surface area contributed by atoms with Gasteiger partial charge in [-0.3, -0.25) is 10.0 Å². The Labute approximate surface area is 62.9 Å². The molecule has 0 aliphatic heterocycles. The van der Waals surface area contributed by atoms with Gasteiger partial charge in [-0.05, 0) is 11.9 Å². The number of hydrogen-bond acceptors (Lipinski definition) is 3. The number of rotatable bonds is 2. The van der Waals surface area contributed by atoms with Crippen molar-refractivity contribution in [1.82, 2.24) is 10.0 Å². The zero-order valence-electron chi connectivity index (χ0n) is 5.51. The van der Waals surface area contributed by atoms with Crippen LogP contribution in [-0.2, 0) is 0 Å². The second-order valence-electron chi connectivity index (χ2n) is 1.35. The van der Waals surface area contributed by atoms with Crippen molar-refractivity contribution in [2.45, 2.75) is 6.92 Å². The first-order chi connectivity index (χ1) is 4.66. The van der Waals surface area contributed by atoms with Gasteiger partial charge < -0.3 is 5.73 Å². The molecule has 58 valence electrons. The summed E-state index contributed by atoms with van der Waals surface area (Å²) in [6, 6.07) is -1.44. The van der Waals surface area contributed by atoms with Gasteiger partial charge >= 0.3 is 12.1 Å². The second-order valence-corrected chi connectivity index (χ2v) is 2.42. The average molecular weight is 163 g/mol. The van der Waals surface area contributed by atoms with Crippen LogP contribution >= 0.6 is 11.9 Å². The number of nitrogens with one attached hydrogen (secondary N) is 2. The van der Waals surface area contributed by atoms with Gasteiger partial charge in [0.1, 0.15) is 0 Å². The molecule has 6 heteroatoms. The molecule has 0 saturated heterocycles. The highest BCUT2D eigenvalue weighted by Crippen LogP contribution is 1.88. The first-order valence-electron chi connectivity index (χ1n) is 2.65. The number of urea groups is 2. The lowest BCUT2D eigenvalue weighted by Gasteiger charge is -1.99. The molecule has 0 spiro atoms. The first kappa shape index (κ1) is 9.09. The molecule has 0 atom stereocenters. The van der Waals surface area contributed by atoms with Crippen LogP contribution in [0.2, 0.25) is 0 Å². The van der Waals surface area contributed by atoms with Crippen molar-refractivity contribution in [3.8, 4) is 0 Å². The minimum Gasteiger partial charge on any atom is -0.351 e. The molecule has 0 bridgehead atoms. The van der Waals surface area contributed by atoms with Gasteiger partial charge in [0.15, 0.2) is 0 Å². The summed E-state index contributed by atoms with van der Waals surface area (Å²) < 4.78 is 2.33. The van der Waals surface area contributed by atoms with E-state index in [9.17, 15) is 9.59 Å². The summed E-state index contributed by atoms with van der Waals surface area (Å²) in [4.78, 5) is 20.5. The molecular weight excluding hydrogens is 154 g/mol. The SMILES string of the molecule is CCSNC(=O)NC(N)=O.